The average Bonchev–Trinajstić information content (AvgIpc) is 2.17. The van der Waals surface area contributed by atoms with E-state index >= 15 is 0 Å². The number of urea groups is 1. The van der Waals surface area contributed by atoms with Crippen molar-refractivity contribution in [3.05, 3.63) is 33.7 Å². The Balaban J connectivity index is 2.93. The largest absolute Gasteiger partial charge is 0.332 e. The zero-order valence-electron chi connectivity index (χ0n) is 7.81. The van der Waals surface area contributed by atoms with Crippen molar-refractivity contribution in [1.82, 2.24) is 5.32 Å². The molecule has 0 aliphatic heterocycles. The molecule has 2 amide bonds. The summed E-state index contributed by atoms with van der Waals surface area (Å²) < 4.78 is 0. The molecule has 0 radical (unpaired) electrons. The highest BCUT2D eigenvalue weighted by molar-refractivity contribution is 6.31. The number of anilines is 1. The van der Waals surface area contributed by atoms with Gasteiger partial charge in [-0.3, -0.25) is 0 Å². The molecular weight excluding hydrogens is 232 g/mol. The average molecular weight is 237 g/mol. The number of amides is 2. The molecule has 0 bridgehead atoms. The lowest BCUT2D eigenvalue weighted by atomic mass is 10.3. The Kier molecular flexibility index (Phi) is 3.98. The number of azide groups is 1. The summed E-state index contributed by atoms with van der Waals surface area (Å²) in [6, 6.07) is 3.61. The lowest BCUT2D eigenvalue weighted by molar-refractivity contribution is 0.255. The maximum absolute atomic E-state index is 11.0. The SMILES string of the molecule is N#CNC(=O)Nc1cc(Cl)cc(N=[N+]=[N-])c1. The highest BCUT2D eigenvalue weighted by Gasteiger charge is 2.02. The van der Waals surface area contributed by atoms with Crippen molar-refractivity contribution in [1.29, 1.82) is 5.26 Å². The number of carbonyl (C=O) groups excluding carboxylic acids is 1. The number of rotatable bonds is 2. The number of hydrogen-bond acceptors (Lipinski definition) is 3. The van der Waals surface area contributed by atoms with Gasteiger partial charge in [-0.25, -0.2) is 10.1 Å². The molecule has 0 aliphatic carbocycles. The van der Waals surface area contributed by atoms with Crippen LogP contribution in [0.4, 0.5) is 16.2 Å². The van der Waals surface area contributed by atoms with Crippen LogP contribution in [0.5, 0.6) is 0 Å². The van der Waals surface area contributed by atoms with Crippen molar-refractivity contribution < 1.29 is 4.79 Å². The summed E-state index contributed by atoms with van der Waals surface area (Å²) in [5.74, 6) is 0. The third kappa shape index (κ3) is 3.38. The topological polar surface area (TPSA) is 114 Å². The molecule has 0 aliphatic rings. The molecule has 8 heteroatoms. The van der Waals surface area contributed by atoms with Gasteiger partial charge in [0, 0.05) is 21.3 Å². The van der Waals surface area contributed by atoms with E-state index in [1.165, 1.54) is 24.4 Å². The molecule has 1 rings (SSSR count). The van der Waals surface area contributed by atoms with Gasteiger partial charge in [0.2, 0.25) is 0 Å². The quantitative estimate of drug-likeness (QED) is 0.270. The first kappa shape index (κ1) is 11.7. The van der Waals surface area contributed by atoms with E-state index in [4.69, 9.17) is 22.4 Å². The van der Waals surface area contributed by atoms with E-state index in [-0.39, 0.29) is 5.69 Å². The number of hydrogen-bond donors (Lipinski definition) is 2. The fourth-order valence-corrected chi connectivity index (χ4v) is 1.20. The standard InChI is InChI=1S/C8H5ClN6O/c9-5-1-6(13-8(16)12-4-10)3-7(2-5)14-15-11/h1-3H,(H2,12,13,16). The van der Waals surface area contributed by atoms with Crippen LogP contribution in [0, 0.1) is 11.5 Å². The first-order valence-corrected chi connectivity index (χ1v) is 4.35. The zero-order valence-corrected chi connectivity index (χ0v) is 8.56. The van der Waals surface area contributed by atoms with Crippen molar-refractivity contribution in [2.75, 3.05) is 5.32 Å². The van der Waals surface area contributed by atoms with Crippen LogP contribution in [-0.4, -0.2) is 6.03 Å². The van der Waals surface area contributed by atoms with Crippen molar-refractivity contribution in [2.24, 2.45) is 5.11 Å². The Morgan fingerprint density at radius 1 is 1.56 bits per heavy atom. The smallest absolute Gasteiger partial charge is 0.307 e. The van der Waals surface area contributed by atoms with Crippen molar-refractivity contribution in [3.8, 4) is 6.19 Å². The van der Waals surface area contributed by atoms with Crippen LogP contribution in [-0.2, 0) is 0 Å². The molecule has 0 heterocycles. The highest BCUT2D eigenvalue weighted by Crippen LogP contribution is 2.24. The van der Waals surface area contributed by atoms with E-state index < -0.39 is 6.03 Å². The minimum Gasteiger partial charge on any atom is -0.307 e. The summed E-state index contributed by atoms with van der Waals surface area (Å²) in [4.78, 5) is 13.6. The number of halogens is 1. The monoisotopic (exact) mass is 236 g/mol. The van der Waals surface area contributed by atoms with Crippen LogP contribution in [0.2, 0.25) is 5.02 Å². The van der Waals surface area contributed by atoms with Crippen molar-refractivity contribution in [2.45, 2.75) is 0 Å². The number of nitriles is 1. The second-order valence-electron chi connectivity index (χ2n) is 2.58. The minimum absolute atomic E-state index is 0.266. The predicted molar refractivity (Wildman–Crippen MR) is 58.0 cm³/mol. The Bertz CT molecular complexity index is 502. The van der Waals surface area contributed by atoms with Crippen LogP contribution in [0.25, 0.3) is 10.4 Å². The van der Waals surface area contributed by atoms with E-state index in [0.29, 0.717) is 10.7 Å². The summed E-state index contributed by atoms with van der Waals surface area (Å²) in [5, 5.41) is 16.1. The molecule has 0 fully saturated rings. The molecule has 0 unspecified atom stereocenters. The van der Waals surface area contributed by atoms with Gasteiger partial charge in [0.1, 0.15) is 0 Å². The van der Waals surface area contributed by atoms with Crippen LogP contribution >= 0.6 is 11.6 Å². The first-order valence-electron chi connectivity index (χ1n) is 3.97. The van der Waals surface area contributed by atoms with Crippen LogP contribution in [0.15, 0.2) is 23.3 Å². The van der Waals surface area contributed by atoms with Gasteiger partial charge in [-0.05, 0) is 23.7 Å². The molecule has 0 aromatic heterocycles. The molecule has 0 saturated heterocycles. The number of nitrogens with zero attached hydrogens (tertiary/aromatic N) is 4. The van der Waals surface area contributed by atoms with Crippen LogP contribution in [0.3, 0.4) is 0 Å². The molecule has 16 heavy (non-hydrogen) atoms. The second kappa shape index (κ2) is 5.46. The molecule has 1 aromatic carbocycles. The van der Waals surface area contributed by atoms with Gasteiger partial charge in [-0.1, -0.05) is 16.7 Å². The summed E-state index contributed by atoms with van der Waals surface area (Å²) in [7, 11) is 0. The Morgan fingerprint density at radius 3 is 2.94 bits per heavy atom. The Morgan fingerprint density at radius 2 is 2.31 bits per heavy atom. The Labute approximate surface area is 95.3 Å². The van der Waals surface area contributed by atoms with E-state index in [9.17, 15) is 4.79 Å². The van der Waals surface area contributed by atoms with E-state index in [1.807, 2.05) is 5.32 Å². The lowest BCUT2D eigenvalue weighted by Crippen LogP contribution is -2.23. The van der Waals surface area contributed by atoms with Gasteiger partial charge >= 0.3 is 6.03 Å². The molecule has 0 saturated carbocycles. The summed E-state index contributed by atoms with van der Waals surface area (Å²) in [6.45, 7) is 0. The first-order chi connectivity index (χ1) is 7.65. The van der Waals surface area contributed by atoms with Crippen molar-refractivity contribution in [3.63, 3.8) is 0 Å². The molecule has 7 nitrogen and oxygen atoms in total. The fraction of sp³-hybridized carbons (Fsp3) is 0. The molecule has 0 spiro atoms. The Hall–Kier alpha value is -2.42. The zero-order chi connectivity index (χ0) is 12.0. The van der Waals surface area contributed by atoms with Gasteiger partial charge in [0.25, 0.3) is 0 Å². The predicted octanol–water partition coefficient (Wildman–Crippen LogP) is 2.88. The summed E-state index contributed by atoms with van der Waals surface area (Å²) in [6.07, 6.45) is 1.47. The number of nitrogens with one attached hydrogen (secondary N) is 2. The fourth-order valence-electron chi connectivity index (χ4n) is 0.969. The second-order valence-corrected chi connectivity index (χ2v) is 3.01. The van der Waals surface area contributed by atoms with Gasteiger partial charge in [0.05, 0.1) is 0 Å². The molecule has 1 aromatic rings. The maximum atomic E-state index is 11.0. The normalized spacial score (nSPS) is 8.50. The third-order valence-electron chi connectivity index (χ3n) is 1.47. The number of benzene rings is 1. The highest BCUT2D eigenvalue weighted by atomic mass is 35.5. The van der Waals surface area contributed by atoms with Crippen LogP contribution in [0.1, 0.15) is 0 Å². The van der Waals surface area contributed by atoms with Gasteiger partial charge < -0.3 is 5.32 Å². The summed E-state index contributed by atoms with van der Waals surface area (Å²) >= 11 is 5.73. The van der Waals surface area contributed by atoms with Gasteiger partial charge in [-0.15, -0.1) is 0 Å². The molecule has 80 valence electrons. The van der Waals surface area contributed by atoms with Crippen LogP contribution < -0.4 is 10.6 Å². The van der Waals surface area contributed by atoms with Crippen molar-refractivity contribution >= 4 is 29.0 Å². The van der Waals surface area contributed by atoms with Gasteiger partial charge in [0.15, 0.2) is 6.19 Å². The third-order valence-corrected chi connectivity index (χ3v) is 1.69. The molecule has 0 atom stereocenters. The molecular formula is C8H5ClN6O. The summed E-state index contributed by atoms with van der Waals surface area (Å²) in [5.41, 5.74) is 8.83. The lowest BCUT2D eigenvalue weighted by Gasteiger charge is -2.04. The van der Waals surface area contributed by atoms with Gasteiger partial charge in [-0.2, -0.15) is 5.26 Å². The maximum Gasteiger partial charge on any atom is 0.332 e. The van der Waals surface area contributed by atoms with E-state index in [0.717, 1.165) is 0 Å². The van der Waals surface area contributed by atoms with E-state index in [2.05, 4.69) is 15.3 Å². The minimum atomic E-state index is -0.698. The van der Waals surface area contributed by atoms with E-state index in [1.54, 1.807) is 0 Å². The number of carbonyl (C=O) groups is 1. The molecule has 2 N–H and O–H groups in total.